The fraction of sp³-hybridized carbons (Fsp3) is 0.450. The molecular formula is C20H26N2O3S2. The molecule has 146 valence electrons. The summed E-state index contributed by atoms with van der Waals surface area (Å²) in [5.41, 5.74) is 2.12. The van der Waals surface area contributed by atoms with Crippen LogP contribution < -0.4 is 0 Å². The van der Waals surface area contributed by atoms with E-state index in [2.05, 4.69) is 13.8 Å². The zero-order chi connectivity index (χ0) is 19.6. The van der Waals surface area contributed by atoms with Crippen LogP contribution in [-0.2, 0) is 10.0 Å². The average Bonchev–Trinajstić information content (AvgIpc) is 3.13. The van der Waals surface area contributed by atoms with E-state index < -0.39 is 10.0 Å². The van der Waals surface area contributed by atoms with Gasteiger partial charge in [0.1, 0.15) is 0 Å². The number of carbonyl (C=O) groups is 1. The van der Waals surface area contributed by atoms with Gasteiger partial charge in [-0.15, -0.1) is 11.3 Å². The second-order valence-electron chi connectivity index (χ2n) is 7.01. The van der Waals surface area contributed by atoms with Crippen molar-refractivity contribution < 1.29 is 13.2 Å². The molecule has 1 aromatic carbocycles. The summed E-state index contributed by atoms with van der Waals surface area (Å²) in [6.45, 7) is 7.66. The average molecular weight is 407 g/mol. The van der Waals surface area contributed by atoms with E-state index in [4.69, 9.17) is 0 Å². The molecule has 3 rings (SSSR count). The summed E-state index contributed by atoms with van der Waals surface area (Å²) in [5, 5.41) is 1.91. The molecule has 27 heavy (non-hydrogen) atoms. The lowest BCUT2D eigenvalue weighted by atomic mass is 9.99. The second-order valence-corrected chi connectivity index (χ2v) is 9.86. The summed E-state index contributed by atoms with van der Waals surface area (Å²) in [5.74, 6) is 0.412. The van der Waals surface area contributed by atoms with Crippen molar-refractivity contribution in [2.24, 2.45) is 0 Å². The highest BCUT2D eigenvalue weighted by Gasteiger charge is 2.31. The predicted molar refractivity (Wildman–Crippen MR) is 109 cm³/mol. The number of aryl methyl sites for hydroxylation is 1. The van der Waals surface area contributed by atoms with Gasteiger partial charge in [0, 0.05) is 26.2 Å². The van der Waals surface area contributed by atoms with Crippen LogP contribution in [0.3, 0.4) is 0 Å². The van der Waals surface area contributed by atoms with Crippen molar-refractivity contribution in [3.8, 4) is 0 Å². The summed E-state index contributed by atoms with van der Waals surface area (Å²) in [4.78, 5) is 15.4. The Balaban J connectivity index is 1.68. The van der Waals surface area contributed by atoms with Gasteiger partial charge in [-0.05, 0) is 54.0 Å². The van der Waals surface area contributed by atoms with Crippen molar-refractivity contribution in [3.63, 3.8) is 0 Å². The molecule has 0 bridgehead atoms. The molecule has 2 heterocycles. The van der Waals surface area contributed by atoms with Gasteiger partial charge in [0.2, 0.25) is 10.0 Å². The smallest absolute Gasteiger partial charge is 0.264 e. The highest BCUT2D eigenvalue weighted by molar-refractivity contribution is 7.89. The molecule has 5 nitrogen and oxygen atoms in total. The van der Waals surface area contributed by atoms with Crippen molar-refractivity contribution in [2.75, 3.05) is 26.2 Å². The zero-order valence-corrected chi connectivity index (χ0v) is 17.6. The maximum atomic E-state index is 12.9. The molecule has 1 unspecified atom stereocenters. The van der Waals surface area contributed by atoms with Crippen LogP contribution in [0.15, 0.2) is 40.6 Å². The highest BCUT2D eigenvalue weighted by atomic mass is 32.2. The van der Waals surface area contributed by atoms with E-state index >= 15 is 0 Å². The van der Waals surface area contributed by atoms with Gasteiger partial charge in [-0.2, -0.15) is 4.31 Å². The monoisotopic (exact) mass is 406 g/mol. The van der Waals surface area contributed by atoms with Gasteiger partial charge in [0.25, 0.3) is 5.91 Å². The predicted octanol–water partition coefficient (Wildman–Crippen LogP) is 3.72. The van der Waals surface area contributed by atoms with Crippen LogP contribution in [0.4, 0.5) is 0 Å². The summed E-state index contributed by atoms with van der Waals surface area (Å²) in [6, 6.07) is 9.13. The standard InChI is InChI=1S/C20H26N2O3S2/c1-4-15(2)17-5-7-18(8-6-17)27(24,25)22-12-10-21(11-13-22)20(23)19-16(3)9-14-26-19/h5-9,14-15H,4,10-13H2,1-3H3. The first-order valence-corrected chi connectivity index (χ1v) is 11.6. The van der Waals surface area contributed by atoms with Crippen LogP contribution >= 0.6 is 11.3 Å². The normalized spacial score (nSPS) is 17.1. The minimum atomic E-state index is -3.52. The molecule has 1 fully saturated rings. The van der Waals surface area contributed by atoms with Crippen molar-refractivity contribution in [3.05, 3.63) is 51.7 Å². The van der Waals surface area contributed by atoms with E-state index in [1.807, 2.05) is 30.5 Å². The van der Waals surface area contributed by atoms with Gasteiger partial charge in [-0.25, -0.2) is 8.42 Å². The number of thiophene rings is 1. The Morgan fingerprint density at radius 2 is 1.74 bits per heavy atom. The maximum Gasteiger partial charge on any atom is 0.264 e. The zero-order valence-electron chi connectivity index (χ0n) is 16.0. The first-order valence-electron chi connectivity index (χ1n) is 9.28. The third kappa shape index (κ3) is 4.10. The fourth-order valence-corrected chi connectivity index (χ4v) is 5.53. The van der Waals surface area contributed by atoms with Crippen LogP contribution in [0.5, 0.6) is 0 Å². The van der Waals surface area contributed by atoms with Gasteiger partial charge >= 0.3 is 0 Å². The highest BCUT2D eigenvalue weighted by Crippen LogP contribution is 2.24. The van der Waals surface area contributed by atoms with E-state index in [1.54, 1.807) is 17.0 Å². The Labute approximate surface area is 165 Å². The van der Waals surface area contributed by atoms with Gasteiger partial charge in [-0.1, -0.05) is 26.0 Å². The number of hydrogen-bond donors (Lipinski definition) is 0. The maximum absolute atomic E-state index is 12.9. The van der Waals surface area contributed by atoms with Crippen LogP contribution in [0, 0.1) is 6.92 Å². The number of amides is 1. The summed E-state index contributed by atoms with van der Waals surface area (Å²) < 4.78 is 27.3. The minimum absolute atomic E-state index is 0.00236. The third-order valence-corrected chi connectivity index (χ3v) is 8.20. The van der Waals surface area contributed by atoms with Crippen molar-refractivity contribution in [1.82, 2.24) is 9.21 Å². The van der Waals surface area contributed by atoms with Crippen molar-refractivity contribution >= 4 is 27.3 Å². The molecule has 1 aliphatic heterocycles. The molecule has 0 aliphatic carbocycles. The number of nitrogens with zero attached hydrogens (tertiary/aromatic N) is 2. The quantitative estimate of drug-likeness (QED) is 0.760. The van der Waals surface area contributed by atoms with Crippen LogP contribution in [0.2, 0.25) is 0 Å². The Hall–Kier alpha value is -1.70. The van der Waals surface area contributed by atoms with Crippen LogP contribution in [0.1, 0.15) is 47.0 Å². The Bertz CT molecular complexity index is 896. The molecule has 0 radical (unpaired) electrons. The number of hydrogen-bond acceptors (Lipinski definition) is 4. The van der Waals surface area contributed by atoms with Crippen LogP contribution in [-0.4, -0.2) is 49.7 Å². The molecule has 1 saturated heterocycles. The molecule has 2 aromatic rings. The summed E-state index contributed by atoms with van der Waals surface area (Å²) in [7, 11) is -3.52. The Morgan fingerprint density at radius 1 is 1.11 bits per heavy atom. The van der Waals surface area contributed by atoms with Gasteiger partial charge < -0.3 is 4.90 Å². The topological polar surface area (TPSA) is 57.7 Å². The molecule has 0 saturated carbocycles. The van der Waals surface area contributed by atoms with E-state index in [0.717, 1.165) is 22.4 Å². The lowest BCUT2D eigenvalue weighted by Crippen LogP contribution is -2.50. The minimum Gasteiger partial charge on any atom is -0.335 e. The van der Waals surface area contributed by atoms with Gasteiger partial charge in [-0.3, -0.25) is 4.79 Å². The molecular weight excluding hydrogens is 380 g/mol. The van der Waals surface area contributed by atoms with E-state index in [9.17, 15) is 13.2 Å². The second kappa shape index (κ2) is 8.12. The number of piperazine rings is 1. The number of rotatable bonds is 5. The van der Waals surface area contributed by atoms with Gasteiger partial charge in [0.05, 0.1) is 9.77 Å². The van der Waals surface area contributed by atoms with Crippen LogP contribution in [0.25, 0.3) is 0 Å². The molecule has 0 spiro atoms. The fourth-order valence-electron chi connectivity index (χ4n) is 3.22. The van der Waals surface area contributed by atoms with Crippen molar-refractivity contribution in [1.29, 1.82) is 0 Å². The number of carbonyl (C=O) groups excluding carboxylic acids is 1. The summed E-state index contributed by atoms with van der Waals surface area (Å²) >= 11 is 1.44. The molecule has 1 aliphatic rings. The lowest BCUT2D eigenvalue weighted by Gasteiger charge is -2.34. The van der Waals surface area contributed by atoms with Crippen molar-refractivity contribution in [2.45, 2.75) is 38.0 Å². The number of benzene rings is 1. The molecule has 1 atom stereocenters. The Kier molecular flexibility index (Phi) is 6.03. The Morgan fingerprint density at radius 3 is 2.26 bits per heavy atom. The first kappa shape index (κ1) is 20.0. The lowest BCUT2D eigenvalue weighted by molar-refractivity contribution is 0.0702. The van der Waals surface area contributed by atoms with Gasteiger partial charge in [0.15, 0.2) is 0 Å². The molecule has 0 N–H and O–H groups in total. The number of sulfonamides is 1. The molecule has 1 amide bonds. The molecule has 1 aromatic heterocycles. The van der Waals surface area contributed by atoms with E-state index in [1.165, 1.54) is 15.6 Å². The third-order valence-electron chi connectivity index (χ3n) is 5.28. The molecule has 7 heteroatoms. The van der Waals surface area contributed by atoms with E-state index in [0.29, 0.717) is 37.0 Å². The SMILES string of the molecule is CCC(C)c1ccc(S(=O)(=O)N2CCN(C(=O)c3sccc3C)CC2)cc1. The first-order chi connectivity index (χ1) is 12.8. The summed E-state index contributed by atoms with van der Waals surface area (Å²) in [6.07, 6.45) is 1.02. The largest absolute Gasteiger partial charge is 0.335 e. The van der Waals surface area contributed by atoms with E-state index in [-0.39, 0.29) is 5.91 Å².